The van der Waals surface area contributed by atoms with Crippen LogP contribution in [-0.4, -0.2) is 32.2 Å². The molecule has 9 nitrogen and oxygen atoms in total. The summed E-state index contributed by atoms with van der Waals surface area (Å²) >= 11 is 0. The van der Waals surface area contributed by atoms with Crippen LogP contribution >= 0.6 is 0 Å². The average Bonchev–Trinajstić information content (AvgIpc) is 3.49. The molecule has 0 unspecified atom stereocenters. The zero-order valence-electron chi connectivity index (χ0n) is 15.0. The molecule has 4 aromatic rings. The van der Waals surface area contributed by atoms with Crippen molar-refractivity contribution in [3.8, 4) is 23.0 Å². The number of nitrogens with zero attached hydrogens (tertiary/aromatic N) is 3. The van der Waals surface area contributed by atoms with Crippen LogP contribution in [0.2, 0.25) is 0 Å². The SMILES string of the molecule is O=C1c2nc3cc(-c4ccco4)[nH]n3c(=O)c2CN1Cc1ccc2c(c1)OCO2. The van der Waals surface area contributed by atoms with Gasteiger partial charge in [0, 0.05) is 12.6 Å². The second-order valence-corrected chi connectivity index (χ2v) is 6.93. The monoisotopic (exact) mass is 390 g/mol. The van der Waals surface area contributed by atoms with Crippen LogP contribution in [0, 0.1) is 0 Å². The van der Waals surface area contributed by atoms with Gasteiger partial charge in [0.1, 0.15) is 11.4 Å². The van der Waals surface area contributed by atoms with Gasteiger partial charge in [-0.1, -0.05) is 6.07 Å². The van der Waals surface area contributed by atoms with Crippen molar-refractivity contribution in [3.63, 3.8) is 0 Å². The fraction of sp³-hybridized carbons (Fsp3) is 0.150. The van der Waals surface area contributed by atoms with Crippen molar-refractivity contribution in [2.45, 2.75) is 13.1 Å². The Hall–Kier alpha value is -4.01. The van der Waals surface area contributed by atoms with E-state index in [1.165, 1.54) is 4.52 Å². The second-order valence-electron chi connectivity index (χ2n) is 6.93. The third-order valence-electron chi connectivity index (χ3n) is 5.14. The summed E-state index contributed by atoms with van der Waals surface area (Å²) in [7, 11) is 0. The molecule has 1 N–H and O–H groups in total. The number of carbonyl (C=O) groups is 1. The molecule has 0 radical (unpaired) electrons. The Morgan fingerprint density at radius 1 is 1.10 bits per heavy atom. The lowest BCUT2D eigenvalue weighted by atomic mass is 10.2. The van der Waals surface area contributed by atoms with Gasteiger partial charge in [-0.25, -0.2) is 9.50 Å². The van der Waals surface area contributed by atoms with Crippen molar-refractivity contribution >= 4 is 11.6 Å². The predicted molar refractivity (Wildman–Crippen MR) is 99.7 cm³/mol. The van der Waals surface area contributed by atoms with Crippen LogP contribution < -0.4 is 15.0 Å². The van der Waals surface area contributed by atoms with Gasteiger partial charge in [-0.15, -0.1) is 0 Å². The van der Waals surface area contributed by atoms with E-state index in [-0.39, 0.29) is 30.5 Å². The Bertz CT molecular complexity index is 1340. The molecule has 6 rings (SSSR count). The Labute approximate surface area is 163 Å². The number of rotatable bonds is 3. The van der Waals surface area contributed by atoms with Gasteiger partial charge in [0.15, 0.2) is 22.9 Å². The zero-order valence-corrected chi connectivity index (χ0v) is 15.0. The second kappa shape index (κ2) is 5.74. The van der Waals surface area contributed by atoms with Gasteiger partial charge in [-0.2, -0.15) is 0 Å². The van der Waals surface area contributed by atoms with Gasteiger partial charge in [0.05, 0.1) is 18.4 Å². The van der Waals surface area contributed by atoms with E-state index in [2.05, 4.69) is 10.1 Å². The number of hydrogen-bond donors (Lipinski definition) is 1. The summed E-state index contributed by atoms with van der Waals surface area (Å²) in [6.45, 7) is 0.744. The van der Waals surface area contributed by atoms with Crippen LogP contribution in [0.25, 0.3) is 17.1 Å². The maximum Gasteiger partial charge on any atom is 0.278 e. The Morgan fingerprint density at radius 2 is 2.00 bits per heavy atom. The lowest BCUT2D eigenvalue weighted by Gasteiger charge is -2.15. The van der Waals surface area contributed by atoms with E-state index in [0.29, 0.717) is 40.7 Å². The number of ether oxygens (including phenoxy) is 2. The summed E-state index contributed by atoms with van der Waals surface area (Å²) in [4.78, 5) is 31.9. The molecule has 0 spiro atoms. The molecule has 0 saturated heterocycles. The first kappa shape index (κ1) is 16.0. The molecule has 3 aromatic heterocycles. The molecule has 29 heavy (non-hydrogen) atoms. The van der Waals surface area contributed by atoms with Crippen LogP contribution in [0.1, 0.15) is 21.6 Å². The molecule has 2 aliphatic heterocycles. The summed E-state index contributed by atoms with van der Waals surface area (Å²) in [6, 6.07) is 10.8. The molecule has 5 heterocycles. The van der Waals surface area contributed by atoms with Crippen LogP contribution in [0.3, 0.4) is 0 Å². The summed E-state index contributed by atoms with van der Waals surface area (Å²) < 4.78 is 17.4. The molecular weight excluding hydrogens is 376 g/mol. The number of fused-ring (bicyclic) bond motifs is 3. The van der Waals surface area contributed by atoms with E-state index >= 15 is 0 Å². The summed E-state index contributed by atoms with van der Waals surface area (Å²) in [5.41, 5.74) is 2.17. The maximum atomic E-state index is 12.9. The van der Waals surface area contributed by atoms with E-state index < -0.39 is 0 Å². The normalized spacial score (nSPS) is 14.8. The van der Waals surface area contributed by atoms with Crippen molar-refractivity contribution in [2.75, 3.05) is 6.79 Å². The molecular formula is C20H14N4O5. The smallest absolute Gasteiger partial charge is 0.278 e. The van der Waals surface area contributed by atoms with Crippen LogP contribution in [-0.2, 0) is 13.1 Å². The molecule has 9 heteroatoms. The minimum Gasteiger partial charge on any atom is -0.463 e. The highest BCUT2D eigenvalue weighted by atomic mass is 16.7. The molecule has 1 aromatic carbocycles. The fourth-order valence-electron chi connectivity index (χ4n) is 3.74. The first-order valence-corrected chi connectivity index (χ1v) is 9.04. The number of nitrogens with one attached hydrogen (secondary N) is 1. The van der Waals surface area contributed by atoms with E-state index in [1.807, 2.05) is 18.2 Å². The van der Waals surface area contributed by atoms with Gasteiger partial charge in [0.25, 0.3) is 11.5 Å². The number of aromatic nitrogens is 3. The Balaban J connectivity index is 1.35. The quantitative estimate of drug-likeness (QED) is 0.575. The molecule has 0 aliphatic carbocycles. The molecule has 1 amide bonds. The molecule has 2 aliphatic rings. The van der Waals surface area contributed by atoms with Crippen molar-refractivity contribution in [3.05, 3.63) is 69.8 Å². The van der Waals surface area contributed by atoms with Gasteiger partial charge in [-0.05, 0) is 29.8 Å². The first-order chi connectivity index (χ1) is 14.2. The van der Waals surface area contributed by atoms with Crippen molar-refractivity contribution in [2.24, 2.45) is 0 Å². The third kappa shape index (κ3) is 2.37. The first-order valence-electron chi connectivity index (χ1n) is 9.04. The topological polar surface area (TPSA) is 102 Å². The van der Waals surface area contributed by atoms with E-state index in [1.54, 1.807) is 29.4 Å². The van der Waals surface area contributed by atoms with Crippen molar-refractivity contribution < 1.29 is 18.7 Å². The highest BCUT2D eigenvalue weighted by Gasteiger charge is 2.33. The number of furan rings is 1. The molecule has 0 bridgehead atoms. The van der Waals surface area contributed by atoms with Crippen LogP contribution in [0.5, 0.6) is 11.5 Å². The third-order valence-corrected chi connectivity index (χ3v) is 5.14. The minimum absolute atomic E-state index is 0.194. The van der Waals surface area contributed by atoms with Gasteiger partial charge in [0.2, 0.25) is 6.79 Å². The average molecular weight is 390 g/mol. The van der Waals surface area contributed by atoms with Crippen molar-refractivity contribution in [1.82, 2.24) is 19.5 Å². The Kier molecular flexibility index (Phi) is 3.17. The summed E-state index contributed by atoms with van der Waals surface area (Å²) in [5, 5.41) is 2.99. The summed E-state index contributed by atoms with van der Waals surface area (Å²) in [5.74, 6) is 1.67. The van der Waals surface area contributed by atoms with E-state index in [4.69, 9.17) is 13.9 Å². The van der Waals surface area contributed by atoms with Gasteiger partial charge >= 0.3 is 0 Å². The number of aromatic amines is 1. The summed E-state index contributed by atoms with van der Waals surface area (Å²) in [6.07, 6.45) is 1.55. The largest absolute Gasteiger partial charge is 0.463 e. The maximum absolute atomic E-state index is 12.9. The number of carbonyl (C=O) groups excluding carboxylic acids is 1. The number of benzene rings is 1. The highest BCUT2D eigenvalue weighted by Crippen LogP contribution is 2.33. The predicted octanol–water partition coefficient (Wildman–Crippen LogP) is 2.17. The van der Waals surface area contributed by atoms with Crippen molar-refractivity contribution in [1.29, 1.82) is 0 Å². The van der Waals surface area contributed by atoms with E-state index in [0.717, 1.165) is 5.56 Å². The molecule has 144 valence electrons. The molecule has 0 atom stereocenters. The fourth-order valence-corrected chi connectivity index (χ4v) is 3.74. The highest BCUT2D eigenvalue weighted by molar-refractivity contribution is 5.96. The van der Waals surface area contributed by atoms with Gasteiger partial charge in [-0.3, -0.25) is 14.7 Å². The number of hydrogen-bond acceptors (Lipinski definition) is 6. The zero-order chi connectivity index (χ0) is 19.5. The van der Waals surface area contributed by atoms with Crippen LogP contribution in [0.4, 0.5) is 0 Å². The number of amides is 1. The van der Waals surface area contributed by atoms with Gasteiger partial charge < -0.3 is 18.8 Å². The lowest BCUT2D eigenvalue weighted by Crippen LogP contribution is -2.23. The standard InChI is InChI=1S/C20H14N4O5/c25-19-12-9-23(8-11-3-4-15-16(6-11)29-10-28-15)20(26)18(12)21-17-7-13(22-24(17)19)14-2-1-5-27-14/h1-7,22H,8-10H2. The molecule has 0 saturated carbocycles. The number of H-pyrrole nitrogens is 1. The molecule has 0 fully saturated rings. The minimum atomic E-state index is -0.288. The lowest BCUT2D eigenvalue weighted by molar-refractivity contribution is 0.0762. The van der Waals surface area contributed by atoms with E-state index in [9.17, 15) is 9.59 Å². The van der Waals surface area contributed by atoms with Crippen LogP contribution in [0.15, 0.2) is 51.9 Å². The Morgan fingerprint density at radius 3 is 2.86 bits per heavy atom.